The summed E-state index contributed by atoms with van der Waals surface area (Å²) in [5, 5.41) is 9.27. The molecule has 1 rings (SSSR count). The van der Waals surface area contributed by atoms with Gasteiger partial charge < -0.3 is 15.6 Å². The van der Waals surface area contributed by atoms with E-state index in [0.717, 1.165) is 0 Å². The normalized spacial score (nSPS) is 11.9. The van der Waals surface area contributed by atoms with E-state index in [-0.39, 0.29) is 16.3 Å². The first-order valence-electron chi connectivity index (χ1n) is 5.43. The molecular formula is C11H18N2O4S. The van der Waals surface area contributed by atoms with Gasteiger partial charge in [0.1, 0.15) is 5.75 Å². The molecule has 0 spiro atoms. The Morgan fingerprint density at radius 2 is 2.11 bits per heavy atom. The van der Waals surface area contributed by atoms with Crippen molar-refractivity contribution in [2.24, 2.45) is 0 Å². The van der Waals surface area contributed by atoms with Gasteiger partial charge in [0, 0.05) is 27.3 Å². The number of nitrogens with two attached hydrogens (primary N) is 1. The van der Waals surface area contributed by atoms with Crippen LogP contribution in [0.2, 0.25) is 0 Å². The van der Waals surface area contributed by atoms with Crippen LogP contribution < -0.4 is 5.73 Å². The van der Waals surface area contributed by atoms with Crippen LogP contribution in [0, 0.1) is 0 Å². The van der Waals surface area contributed by atoms with Gasteiger partial charge in [-0.3, -0.25) is 0 Å². The minimum atomic E-state index is -3.57. The Kier molecular flexibility index (Phi) is 4.94. The molecule has 6 nitrogen and oxygen atoms in total. The second kappa shape index (κ2) is 6.03. The van der Waals surface area contributed by atoms with Gasteiger partial charge in [-0.2, -0.15) is 0 Å². The van der Waals surface area contributed by atoms with Crippen molar-refractivity contribution < 1.29 is 18.3 Å². The Morgan fingerprint density at radius 3 is 2.67 bits per heavy atom. The molecule has 0 atom stereocenters. The van der Waals surface area contributed by atoms with Crippen molar-refractivity contribution >= 4 is 15.7 Å². The summed E-state index contributed by atoms with van der Waals surface area (Å²) in [7, 11) is -0.513. The topological polar surface area (TPSA) is 92.9 Å². The molecule has 0 saturated heterocycles. The number of anilines is 1. The van der Waals surface area contributed by atoms with E-state index in [0.29, 0.717) is 19.6 Å². The first-order valence-corrected chi connectivity index (χ1v) is 6.87. The fraction of sp³-hybridized carbons (Fsp3) is 0.455. The Bertz CT molecular complexity index is 502. The number of sulfonamides is 1. The molecule has 0 aliphatic heterocycles. The summed E-state index contributed by atoms with van der Waals surface area (Å²) < 4.78 is 30.4. The molecule has 0 amide bonds. The number of phenols is 1. The summed E-state index contributed by atoms with van der Waals surface area (Å²) in [6, 6.07) is 3.84. The van der Waals surface area contributed by atoms with Crippen LogP contribution in [-0.2, 0) is 14.8 Å². The number of nitrogen functional groups attached to an aromatic ring is 1. The number of ether oxygens (including phenoxy) is 1. The summed E-state index contributed by atoms with van der Waals surface area (Å²) in [6.07, 6.45) is 0.611. The van der Waals surface area contributed by atoms with Crippen molar-refractivity contribution in [1.29, 1.82) is 0 Å². The SMILES string of the molecule is COCCCN(C)S(=O)(=O)c1ccc(O)c(N)c1. The fourth-order valence-corrected chi connectivity index (χ4v) is 2.67. The van der Waals surface area contributed by atoms with E-state index in [9.17, 15) is 13.5 Å². The third kappa shape index (κ3) is 3.34. The summed E-state index contributed by atoms with van der Waals surface area (Å²) in [6.45, 7) is 0.856. The van der Waals surface area contributed by atoms with Crippen LogP contribution in [0.5, 0.6) is 5.75 Å². The van der Waals surface area contributed by atoms with E-state index >= 15 is 0 Å². The molecule has 1 aromatic carbocycles. The molecule has 0 fully saturated rings. The number of rotatable bonds is 6. The highest BCUT2D eigenvalue weighted by atomic mass is 32.2. The van der Waals surface area contributed by atoms with E-state index in [4.69, 9.17) is 10.5 Å². The second-order valence-electron chi connectivity index (χ2n) is 3.89. The lowest BCUT2D eigenvalue weighted by atomic mass is 10.3. The molecule has 0 radical (unpaired) electrons. The molecular weight excluding hydrogens is 256 g/mol. The molecule has 0 aromatic heterocycles. The van der Waals surface area contributed by atoms with Crippen LogP contribution in [-0.4, -0.2) is 45.1 Å². The van der Waals surface area contributed by atoms with Gasteiger partial charge >= 0.3 is 0 Å². The monoisotopic (exact) mass is 274 g/mol. The van der Waals surface area contributed by atoms with Gasteiger partial charge in [-0.05, 0) is 24.6 Å². The third-order valence-corrected chi connectivity index (χ3v) is 4.38. The number of methoxy groups -OCH3 is 1. The average Bonchev–Trinajstić information content (AvgIpc) is 2.32. The van der Waals surface area contributed by atoms with Crippen LogP contribution >= 0.6 is 0 Å². The van der Waals surface area contributed by atoms with E-state index in [1.807, 2.05) is 0 Å². The Balaban J connectivity index is 2.88. The number of hydrogen-bond donors (Lipinski definition) is 2. The maximum absolute atomic E-state index is 12.1. The third-order valence-electron chi connectivity index (χ3n) is 2.53. The van der Waals surface area contributed by atoms with Gasteiger partial charge in [0.2, 0.25) is 10.0 Å². The first kappa shape index (κ1) is 14.7. The van der Waals surface area contributed by atoms with Gasteiger partial charge in [-0.15, -0.1) is 0 Å². The maximum Gasteiger partial charge on any atom is 0.242 e. The number of nitrogens with zero attached hydrogens (tertiary/aromatic N) is 1. The molecule has 0 aliphatic carbocycles. The fourth-order valence-electron chi connectivity index (χ4n) is 1.42. The molecule has 0 saturated carbocycles. The first-order chi connectivity index (χ1) is 8.39. The van der Waals surface area contributed by atoms with Crippen LogP contribution in [0.3, 0.4) is 0 Å². The summed E-state index contributed by atoms with van der Waals surface area (Å²) >= 11 is 0. The average molecular weight is 274 g/mol. The Labute approximate surface area is 107 Å². The number of benzene rings is 1. The van der Waals surface area contributed by atoms with Crippen LogP contribution in [0.4, 0.5) is 5.69 Å². The zero-order chi connectivity index (χ0) is 13.8. The summed E-state index contributed by atoms with van der Waals surface area (Å²) in [5.74, 6) is -0.129. The van der Waals surface area contributed by atoms with Gasteiger partial charge in [0.05, 0.1) is 10.6 Å². The number of aromatic hydroxyl groups is 1. The lowest BCUT2D eigenvalue weighted by Gasteiger charge is -2.17. The molecule has 3 N–H and O–H groups in total. The van der Waals surface area contributed by atoms with Gasteiger partial charge in [-0.1, -0.05) is 0 Å². The minimum Gasteiger partial charge on any atom is -0.506 e. The van der Waals surface area contributed by atoms with E-state index < -0.39 is 10.0 Å². The molecule has 0 aliphatic rings. The van der Waals surface area contributed by atoms with Gasteiger partial charge in [0.15, 0.2) is 0 Å². The molecule has 7 heteroatoms. The molecule has 1 aromatic rings. The number of hydrogen-bond acceptors (Lipinski definition) is 5. The van der Waals surface area contributed by atoms with Crippen molar-refractivity contribution in [3.8, 4) is 5.75 Å². The van der Waals surface area contributed by atoms with Crippen molar-refractivity contribution in [2.45, 2.75) is 11.3 Å². The highest BCUT2D eigenvalue weighted by molar-refractivity contribution is 7.89. The van der Waals surface area contributed by atoms with Crippen molar-refractivity contribution in [1.82, 2.24) is 4.31 Å². The Morgan fingerprint density at radius 1 is 1.44 bits per heavy atom. The van der Waals surface area contributed by atoms with Crippen molar-refractivity contribution in [3.63, 3.8) is 0 Å². The highest BCUT2D eigenvalue weighted by Crippen LogP contribution is 2.24. The zero-order valence-electron chi connectivity index (χ0n) is 10.5. The van der Waals surface area contributed by atoms with E-state index in [2.05, 4.69) is 0 Å². The predicted octanol–water partition coefficient (Wildman–Crippen LogP) is 0.631. The lowest BCUT2D eigenvalue weighted by Crippen LogP contribution is -2.28. The predicted molar refractivity (Wildman–Crippen MR) is 68.8 cm³/mol. The quantitative estimate of drug-likeness (QED) is 0.451. The zero-order valence-corrected chi connectivity index (χ0v) is 11.3. The molecule has 18 heavy (non-hydrogen) atoms. The van der Waals surface area contributed by atoms with Crippen molar-refractivity contribution in [2.75, 3.05) is 33.0 Å². The van der Waals surface area contributed by atoms with E-state index in [1.165, 1.54) is 29.6 Å². The molecule has 0 heterocycles. The molecule has 0 bridgehead atoms. The van der Waals surface area contributed by atoms with Gasteiger partial charge in [-0.25, -0.2) is 12.7 Å². The largest absolute Gasteiger partial charge is 0.506 e. The molecule has 0 unspecified atom stereocenters. The van der Waals surface area contributed by atoms with E-state index in [1.54, 1.807) is 7.11 Å². The lowest BCUT2D eigenvalue weighted by molar-refractivity contribution is 0.189. The van der Waals surface area contributed by atoms with Crippen LogP contribution in [0.25, 0.3) is 0 Å². The summed E-state index contributed by atoms with van der Waals surface area (Å²) in [5.41, 5.74) is 5.53. The minimum absolute atomic E-state index is 0.0429. The highest BCUT2D eigenvalue weighted by Gasteiger charge is 2.21. The van der Waals surface area contributed by atoms with Crippen LogP contribution in [0.1, 0.15) is 6.42 Å². The smallest absolute Gasteiger partial charge is 0.242 e. The molecule has 102 valence electrons. The van der Waals surface area contributed by atoms with Crippen molar-refractivity contribution in [3.05, 3.63) is 18.2 Å². The number of phenolic OH excluding ortho intramolecular Hbond substituents is 1. The van der Waals surface area contributed by atoms with Gasteiger partial charge in [0.25, 0.3) is 0 Å². The maximum atomic E-state index is 12.1. The Hall–Kier alpha value is -1.31. The van der Waals surface area contributed by atoms with Crippen LogP contribution in [0.15, 0.2) is 23.1 Å². The summed E-state index contributed by atoms with van der Waals surface area (Å²) in [4.78, 5) is 0.0673. The standard InChI is InChI=1S/C11H18N2O4S/c1-13(6-3-7-17-2)18(15,16)9-4-5-11(14)10(12)8-9/h4-5,8,14H,3,6-7,12H2,1-2H3. The second-order valence-corrected chi connectivity index (χ2v) is 5.94.